The second kappa shape index (κ2) is 6.96. The van der Waals surface area contributed by atoms with Crippen LogP contribution >= 0.6 is 0 Å². The molecule has 8 nitrogen and oxygen atoms in total. The molecule has 5 aliphatic rings. The zero-order valence-corrected chi connectivity index (χ0v) is 20.0. The molecule has 4 heterocycles. The lowest BCUT2D eigenvalue weighted by atomic mass is 9.54. The largest absolute Gasteiger partial charge is 0.463 e. The summed E-state index contributed by atoms with van der Waals surface area (Å²) in [5, 5.41) is 10.3. The fraction of sp³-hybridized carbons (Fsp3) is 0.615. The molecule has 5 rings (SSSR count). The average Bonchev–Trinajstić information content (AvgIpc) is 3.38. The first-order valence-corrected chi connectivity index (χ1v) is 11.8. The predicted molar refractivity (Wildman–Crippen MR) is 121 cm³/mol. The highest BCUT2D eigenvalue weighted by Gasteiger charge is 2.75. The molecule has 2 unspecified atom stereocenters. The minimum atomic E-state index is -1.44. The van der Waals surface area contributed by atoms with Gasteiger partial charge in [0, 0.05) is 23.5 Å². The summed E-state index contributed by atoms with van der Waals surface area (Å²) in [4.78, 5) is 31.9. The molecular formula is C26H29N3O5. The topological polar surface area (TPSA) is 93.2 Å². The fourth-order valence-electron chi connectivity index (χ4n) is 6.74. The van der Waals surface area contributed by atoms with E-state index in [0.717, 1.165) is 12.0 Å². The van der Waals surface area contributed by atoms with Gasteiger partial charge in [-0.2, -0.15) is 5.26 Å². The van der Waals surface area contributed by atoms with Crippen LogP contribution in [0.1, 0.15) is 47.0 Å². The number of nitrogens with zero attached hydrogens (tertiary/aromatic N) is 3. The Morgan fingerprint density at radius 3 is 2.74 bits per heavy atom. The third-order valence-electron chi connectivity index (χ3n) is 7.88. The van der Waals surface area contributed by atoms with Crippen molar-refractivity contribution in [1.82, 2.24) is 4.90 Å². The molecule has 3 fully saturated rings. The molecule has 8 heteroatoms. The lowest BCUT2D eigenvalue weighted by molar-refractivity contribution is -0.165. The molecule has 7 atom stereocenters. The summed E-state index contributed by atoms with van der Waals surface area (Å²) >= 11 is 0. The Hall–Kier alpha value is -3.10. The molecule has 0 aromatic carbocycles. The Balaban J connectivity index is 1.64. The van der Waals surface area contributed by atoms with Crippen molar-refractivity contribution in [1.29, 1.82) is 5.26 Å². The number of esters is 1. The van der Waals surface area contributed by atoms with Crippen molar-refractivity contribution in [3.8, 4) is 6.07 Å². The van der Waals surface area contributed by atoms with Gasteiger partial charge in [0.1, 0.15) is 11.2 Å². The number of nitriles is 1. The first-order chi connectivity index (χ1) is 16.0. The number of amides is 1. The van der Waals surface area contributed by atoms with Crippen molar-refractivity contribution in [2.45, 2.75) is 81.4 Å². The Bertz CT molecular complexity index is 1120. The Morgan fingerprint density at radius 2 is 2.12 bits per heavy atom. The maximum absolute atomic E-state index is 13.2. The van der Waals surface area contributed by atoms with Gasteiger partial charge in [-0.05, 0) is 52.2 Å². The Morgan fingerprint density at radius 1 is 1.38 bits per heavy atom. The Kier molecular flexibility index (Phi) is 4.64. The maximum Gasteiger partial charge on any atom is 0.411 e. The molecule has 34 heavy (non-hydrogen) atoms. The summed E-state index contributed by atoms with van der Waals surface area (Å²) in [5.41, 5.74) is -3.29. The van der Waals surface area contributed by atoms with E-state index in [1.165, 1.54) is 0 Å². The zero-order valence-electron chi connectivity index (χ0n) is 20.0. The molecule has 4 bridgehead atoms. The number of carbonyl (C=O) groups excluding carboxylic acids is 2. The monoisotopic (exact) mass is 463 g/mol. The smallest absolute Gasteiger partial charge is 0.411 e. The second-order valence-corrected chi connectivity index (χ2v) is 10.9. The van der Waals surface area contributed by atoms with Crippen LogP contribution in [-0.2, 0) is 19.0 Å². The van der Waals surface area contributed by atoms with Crippen LogP contribution in [-0.4, -0.2) is 58.0 Å². The van der Waals surface area contributed by atoms with Crippen LogP contribution in [0, 0.1) is 29.7 Å². The van der Waals surface area contributed by atoms with Gasteiger partial charge in [0.25, 0.3) is 0 Å². The maximum atomic E-state index is 13.2. The third-order valence-corrected chi connectivity index (χ3v) is 7.88. The lowest BCUT2D eigenvalue weighted by Gasteiger charge is -2.51. The standard InChI is InChI=1S/C26H29N3O5/c1-7-32-21(30)26-11-10-25(34-26)13-24(14-27,28-6)17-12-16-8-9-18(19(17)20(25)15(26)2)29(16)22(31)33-23(3,4)5/h10-12,16,18-20H,2,7-9,13H2,1,3-5H3/t16-,18-,19+,20-,24?,25?,26+/m0/s1. The van der Waals surface area contributed by atoms with E-state index in [-0.39, 0.29) is 36.9 Å². The molecule has 0 aromatic rings. The van der Waals surface area contributed by atoms with Gasteiger partial charge >= 0.3 is 17.6 Å². The summed E-state index contributed by atoms with van der Waals surface area (Å²) in [7, 11) is 0. The molecule has 4 aliphatic heterocycles. The van der Waals surface area contributed by atoms with Crippen LogP contribution in [0.2, 0.25) is 0 Å². The zero-order chi connectivity index (χ0) is 24.7. The number of rotatable bonds is 2. The van der Waals surface area contributed by atoms with Crippen LogP contribution in [0.25, 0.3) is 4.85 Å². The molecule has 1 spiro atoms. The van der Waals surface area contributed by atoms with Gasteiger partial charge in [0.15, 0.2) is 6.07 Å². The molecule has 0 aromatic heterocycles. The van der Waals surface area contributed by atoms with Crippen molar-refractivity contribution in [3.05, 3.63) is 47.4 Å². The number of fused-ring (bicyclic) bond motifs is 6. The highest BCUT2D eigenvalue weighted by molar-refractivity contribution is 5.89. The van der Waals surface area contributed by atoms with Gasteiger partial charge in [-0.15, -0.1) is 0 Å². The highest BCUT2D eigenvalue weighted by Crippen LogP contribution is 2.66. The fourth-order valence-corrected chi connectivity index (χ4v) is 6.74. The molecule has 0 N–H and O–H groups in total. The minimum absolute atomic E-state index is 0.107. The summed E-state index contributed by atoms with van der Waals surface area (Å²) in [6, 6.07) is 1.75. The number of ether oxygens (including phenoxy) is 3. The van der Waals surface area contributed by atoms with Crippen molar-refractivity contribution < 1.29 is 23.8 Å². The van der Waals surface area contributed by atoms with Crippen molar-refractivity contribution >= 4 is 12.1 Å². The first kappa shape index (κ1) is 22.7. The quantitative estimate of drug-likeness (QED) is 0.352. The van der Waals surface area contributed by atoms with E-state index in [2.05, 4.69) is 17.5 Å². The van der Waals surface area contributed by atoms with Crippen LogP contribution < -0.4 is 0 Å². The summed E-state index contributed by atoms with van der Waals surface area (Å²) in [6.45, 7) is 19.7. The molecule has 0 radical (unpaired) electrons. The van der Waals surface area contributed by atoms with Crippen LogP contribution in [0.4, 0.5) is 4.79 Å². The lowest BCUT2D eigenvalue weighted by Crippen LogP contribution is -2.61. The molecule has 1 aliphatic carbocycles. The second-order valence-electron chi connectivity index (χ2n) is 10.9. The Labute approximate surface area is 199 Å². The number of hydrogen-bond acceptors (Lipinski definition) is 6. The van der Waals surface area contributed by atoms with E-state index >= 15 is 0 Å². The van der Waals surface area contributed by atoms with Crippen LogP contribution in [0.3, 0.4) is 0 Å². The van der Waals surface area contributed by atoms with Gasteiger partial charge in [-0.25, -0.2) is 16.2 Å². The number of hydrogen-bond donors (Lipinski definition) is 0. The van der Waals surface area contributed by atoms with Gasteiger partial charge in [0.2, 0.25) is 5.60 Å². The van der Waals surface area contributed by atoms with Crippen LogP contribution in [0.5, 0.6) is 0 Å². The van der Waals surface area contributed by atoms with Crippen molar-refractivity contribution in [3.63, 3.8) is 0 Å². The minimum Gasteiger partial charge on any atom is -0.463 e. The third kappa shape index (κ3) is 2.72. The first-order valence-electron chi connectivity index (χ1n) is 11.8. The summed E-state index contributed by atoms with van der Waals surface area (Å²) in [5.74, 6) is -1.30. The average molecular weight is 464 g/mol. The molecule has 178 valence electrons. The predicted octanol–water partition coefficient (Wildman–Crippen LogP) is 3.71. The van der Waals surface area contributed by atoms with E-state index in [1.54, 1.807) is 17.9 Å². The van der Waals surface area contributed by atoms with Crippen molar-refractivity contribution in [2.75, 3.05) is 6.61 Å². The van der Waals surface area contributed by atoms with Crippen LogP contribution in [0.15, 0.2) is 36.0 Å². The SMILES string of the molecule is [C-]#[N+]C1(C#N)CC23C=C[C@@](C(=O)OCC)(O2)C(=C)[C@H]3[C@@H]2C1=C[C@@H]1CC[C@@H]2N1C(=O)OC(C)(C)C. The van der Waals surface area contributed by atoms with Gasteiger partial charge < -0.3 is 14.2 Å². The summed E-state index contributed by atoms with van der Waals surface area (Å²) < 4.78 is 17.5. The van der Waals surface area contributed by atoms with Gasteiger partial charge in [0.05, 0.1) is 19.1 Å². The molecular weight excluding hydrogens is 434 g/mol. The number of carbonyl (C=O) groups is 2. The van der Waals surface area contributed by atoms with E-state index < -0.39 is 34.4 Å². The molecule has 1 saturated carbocycles. The normalized spacial score (nSPS) is 41.2. The highest BCUT2D eigenvalue weighted by atomic mass is 16.6. The summed E-state index contributed by atoms with van der Waals surface area (Å²) in [6.07, 6.45) is 6.51. The molecule has 2 saturated heterocycles. The van der Waals surface area contributed by atoms with E-state index in [4.69, 9.17) is 20.8 Å². The molecule has 1 amide bonds. The van der Waals surface area contributed by atoms with Crippen molar-refractivity contribution in [2.24, 2.45) is 11.8 Å². The van der Waals surface area contributed by atoms with E-state index in [9.17, 15) is 14.9 Å². The van der Waals surface area contributed by atoms with E-state index in [0.29, 0.717) is 12.0 Å². The van der Waals surface area contributed by atoms with Gasteiger partial charge in [-0.3, -0.25) is 9.74 Å². The van der Waals surface area contributed by atoms with E-state index in [1.807, 2.05) is 32.9 Å². The van der Waals surface area contributed by atoms with Gasteiger partial charge in [-0.1, -0.05) is 18.7 Å².